The van der Waals surface area contributed by atoms with E-state index in [0.29, 0.717) is 6.54 Å². The Morgan fingerprint density at radius 2 is 2.00 bits per heavy atom. The van der Waals surface area contributed by atoms with Gasteiger partial charge in [0.05, 0.1) is 0 Å². The van der Waals surface area contributed by atoms with Crippen LogP contribution in [0.1, 0.15) is 26.3 Å². The second kappa shape index (κ2) is 6.05. The zero-order chi connectivity index (χ0) is 14.6. The largest absolute Gasteiger partial charge is 0.444 e. The summed E-state index contributed by atoms with van der Waals surface area (Å²) in [5, 5.41) is 5.68. The first kappa shape index (κ1) is 14.5. The van der Waals surface area contributed by atoms with Gasteiger partial charge >= 0.3 is 6.09 Å². The third kappa shape index (κ3) is 4.35. The van der Waals surface area contributed by atoms with Crippen LogP contribution in [0.25, 0.3) is 10.6 Å². The van der Waals surface area contributed by atoms with Crippen LogP contribution in [-0.2, 0) is 11.3 Å². The van der Waals surface area contributed by atoms with Crippen molar-refractivity contribution in [1.82, 2.24) is 10.3 Å². The number of amides is 1. The molecule has 0 aliphatic carbocycles. The summed E-state index contributed by atoms with van der Waals surface area (Å²) in [7, 11) is 0. The van der Waals surface area contributed by atoms with Crippen molar-refractivity contribution in [3.05, 3.63) is 41.4 Å². The molecule has 20 heavy (non-hydrogen) atoms. The fraction of sp³-hybridized carbons (Fsp3) is 0.333. The van der Waals surface area contributed by atoms with Crippen molar-refractivity contribution in [1.29, 1.82) is 0 Å². The van der Waals surface area contributed by atoms with Gasteiger partial charge in [-0.15, -0.1) is 11.3 Å². The molecule has 0 unspecified atom stereocenters. The highest BCUT2D eigenvalue weighted by atomic mass is 32.1. The van der Waals surface area contributed by atoms with Crippen LogP contribution in [0, 0.1) is 0 Å². The summed E-state index contributed by atoms with van der Waals surface area (Å²) in [5.41, 5.74) is 1.64. The summed E-state index contributed by atoms with van der Waals surface area (Å²) < 4.78 is 5.18. The Morgan fingerprint density at radius 3 is 2.55 bits per heavy atom. The van der Waals surface area contributed by atoms with Crippen LogP contribution in [0.3, 0.4) is 0 Å². The third-order valence-corrected chi connectivity index (χ3v) is 3.29. The molecule has 2 aromatic rings. The van der Waals surface area contributed by atoms with Gasteiger partial charge in [0.1, 0.15) is 10.6 Å². The lowest BCUT2D eigenvalue weighted by atomic mass is 10.1. The van der Waals surface area contributed by atoms with E-state index in [9.17, 15) is 4.79 Å². The summed E-state index contributed by atoms with van der Waals surface area (Å²) in [6, 6.07) is 7.97. The highest BCUT2D eigenvalue weighted by Gasteiger charge is 2.15. The van der Waals surface area contributed by atoms with Crippen LogP contribution in [-0.4, -0.2) is 16.7 Å². The summed E-state index contributed by atoms with van der Waals surface area (Å²) in [6.07, 6.45) is 1.39. The molecule has 0 fully saturated rings. The maximum Gasteiger partial charge on any atom is 0.407 e. The Labute approximate surface area is 122 Å². The molecule has 0 aliphatic heterocycles. The van der Waals surface area contributed by atoms with E-state index in [0.717, 1.165) is 16.1 Å². The number of carbonyl (C=O) groups is 1. The zero-order valence-corrected chi connectivity index (χ0v) is 12.7. The molecule has 4 nitrogen and oxygen atoms in total. The molecular formula is C15H18N2O2S. The molecule has 1 amide bonds. The second-order valence-electron chi connectivity index (χ2n) is 5.39. The predicted molar refractivity (Wildman–Crippen MR) is 80.6 cm³/mol. The normalized spacial score (nSPS) is 11.2. The molecule has 1 heterocycles. The van der Waals surface area contributed by atoms with Gasteiger partial charge in [-0.25, -0.2) is 9.78 Å². The SMILES string of the molecule is CC(C)(C)OC(=O)NCc1ccc(-c2nccs2)cc1. The lowest BCUT2D eigenvalue weighted by molar-refractivity contribution is 0.0523. The van der Waals surface area contributed by atoms with Gasteiger partial charge in [-0.1, -0.05) is 24.3 Å². The minimum absolute atomic E-state index is 0.401. The van der Waals surface area contributed by atoms with E-state index in [-0.39, 0.29) is 0 Å². The smallest absolute Gasteiger partial charge is 0.407 e. The van der Waals surface area contributed by atoms with Crippen molar-refractivity contribution < 1.29 is 9.53 Å². The van der Waals surface area contributed by atoms with E-state index in [1.54, 1.807) is 17.5 Å². The number of hydrogen-bond acceptors (Lipinski definition) is 4. The third-order valence-electron chi connectivity index (χ3n) is 2.47. The molecule has 106 valence electrons. The highest BCUT2D eigenvalue weighted by Crippen LogP contribution is 2.21. The summed E-state index contributed by atoms with van der Waals surface area (Å²) in [6.45, 7) is 5.98. The maximum atomic E-state index is 11.5. The Kier molecular flexibility index (Phi) is 4.39. The van der Waals surface area contributed by atoms with Gasteiger partial charge in [-0.3, -0.25) is 0 Å². The Bertz CT molecular complexity index is 557. The average molecular weight is 290 g/mol. The fourth-order valence-electron chi connectivity index (χ4n) is 1.62. The minimum atomic E-state index is -0.473. The second-order valence-corrected chi connectivity index (χ2v) is 6.28. The number of alkyl carbamates (subject to hydrolysis) is 1. The van der Waals surface area contributed by atoms with E-state index in [2.05, 4.69) is 10.3 Å². The maximum absolute atomic E-state index is 11.5. The van der Waals surface area contributed by atoms with Crippen LogP contribution in [0.2, 0.25) is 0 Å². The van der Waals surface area contributed by atoms with Crippen LogP contribution < -0.4 is 5.32 Å². The first-order chi connectivity index (χ1) is 9.44. The molecular weight excluding hydrogens is 272 g/mol. The summed E-state index contributed by atoms with van der Waals surface area (Å²) in [5.74, 6) is 0. The van der Waals surface area contributed by atoms with Gasteiger partial charge in [0.15, 0.2) is 0 Å². The van der Waals surface area contributed by atoms with Crippen molar-refractivity contribution >= 4 is 17.4 Å². The van der Waals surface area contributed by atoms with E-state index in [1.165, 1.54) is 0 Å². The van der Waals surface area contributed by atoms with Gasteiger partial charge < -0.3 is 10.1 Å². The molecule has 1 aromatic carbocycles. The molecule has 0 aliphatic rings. The first-order valence-corrected chi connectivity index (χ1v) is 7.28. The fourth-order valence-corrected chi connectivity index (χ4v) is 2.26. The quantitative estimate of drug-likeness (QED) is 0.934. The van der Waals surface area contributed by atoms with Crippen LogP contribution in [0.5, 0.6) is 0 Å². The number of aromatic nitrogens is 1. The number of benzene rings is 1. The molecule has 2 rings (SSSR count). The molecule has 1 N–H and O–H groups in total. The van der Waals surface area contributed by atoms with Crippen LogP contribution in [0.15, 0.2) is 35.8 Å². The lowest BCUT2D eigenvalue weighted by Crippen LogP contribution is -2.32. The van der Waals surface area contributed by atoms with Crippen LogP contribution >= 0.6 is 11.3 Å². The van der Waals surface area contributed by atoms with Crippen molar-refractivity contribution in [3.8, 4) is 10.6 Å². The summed E-state index contributed by atoms with van der Waals surface area (Å²) >= 11 is 1.61. The molecule has 0 atom stereocenters. The molecule has 1 aromatic heterocycles. The number of nitrogens with zero attached hydrogens (tertiary/aromatic N) is 1. The molecule has 0 saturated heterocycles. The molecule has 0 radical (unpaired) electrons. The average Bonchev–Trinajstić information content (AvgIpc) is 2.89. The summed E-state index contributed by atoms with van der Waals surface area (Å²) in [4.78, 5) is 15.8. The van der Waals surface area contributed by atoms with E-state index < -0.39 is 11.7 Å². The van der Waals surface area contributed by atoms with E-state index >= 15 is 0 Å². The van der Waals surface area contributed by atoms with E-state index in [1.807, 2.05) is 50.4 Å². The molecule has 5 heteroatoms. The number of nitrogens with one attached hydrogen (secondary N) is 1. The Morgan fingerprint density at radius 1 is 1.30 bits per heavy atom. The Balaban J connectivity index is 1.90. The van der Waals surface area contributed by atoms with Crippen molar-refractivity contribution in [2.24, 2.45) is 0 Å². The van der Waals surface area contributed by atoms with E-state index in [4.69, 9.17) is 4.74 Å². The standard InChI is InChI=1S/C15H18N2O2S/c1-15(2,3)19-14(18)17-10-11-4-6-12(7-5-11)13-16-8-9-20-13/h4-9H,10H2,1-3H3,(H,17,18). The molecule has 0 saturated carbocycles. The number of ether oxygens (including phenoxy) is 1. The Hall–Kier alpha value is -1.88. The number of rotatable bonds is 3. The number of carbonyl (C=O) groups excluding carboxylic acids is 1. The van der Waals surface area contributed by atoms with Gasteiger partial charge in [-0.05, 0) is 26.3 Å². The van der Waals surface area contributed by atoms with Crippen molar-refractivity contribution in [3.63, 3.8) is 0 Å². The van der Waals surface area contributed by atoms with Gasteiger partial charge in [0.25, 0.3) is 0 Å². The van der Waals surface area contributed by atoms with Crippen molar-refractivity contribution in [2.75, 3.05) is 0 Å². The number of hydrogen-bond donors (Lipinski definition) is 1. The predicted octanol–water partition coefficient (Wildman–Crippen LogP) is 3.83. The number of thiazole rings is 1. The molecule has 0 spiro atoms. The first-order valence-electron chi connectivity index (χ1n) is 6.40. The van der Waals surface area contributed by atoms with Gasteiger partial charge in [0, 0.05) is 23.7 Å². The monoisotopic (exact) mass is 290 g/mol. The highest BCUT2D eigenvalue weighted by molar-refractivity contribution is 7.13. The zero-order valence-electron chi connectivity index (χ0n) is 11.8. The van der Waals surface area contributed by atoms with Gasteiger partial charge in [-0.2, -0.15) is 0 Å². The van der Waals surface area contributed by atoms with Crippen LogP contribution in [0.4, 0.5) is 4.79 Å². The van der Waals surface area contributed by atoms with Crippen molar-refractivity contribution in [2.45, 2.75) is 32.9 Å². The lowest BCUT2D eigenvalue weighted by Gasteiger charge is -2.19. The minimum Gasteiger partial charge on any atom is -0.444 e. The molecule has 0 bridgehead atoms. The van der Waals surface area contributed by atoms with Gasteiger partial charge in [0.2, 0.25) is 0 Å². The topological polar surface area (TPSA) is 51.2 Å².